The molecule has 1 saturated heterocycles. The van der Waals surface area contributed by atoms with Crippen molar-refractivity contribution in [3.8, 4) is 0 Å². The fourth-order valence-corrected chi connectivity index (χ4v) is 3.24. The molecule has 1 aliphatic rings. The summed E-state index contributed by atoms with van der Waals surface area (Å²) in [6.07, 6.45) is 2.00. The lowest BCUT2D eigenvalue weighted by Gasteiger charge is -2.21. The van der Waals surface area contributed by atoms with Crippen LogP contribution >= 0.6 is 0 Å². The van der Waals surface area contributed by atoms with Gasteiger partial charge in [0.2, 0.25) is 5.91 Å². The summed E-state index contributed by atoms with van der Waals surface area (Å²) in [5, 5.41) is 9.80. The Morgan fingerprint density at radius 1 is 1.32 bits per heavy atom. The Labute approximate surface area is 150 Å². The Morgan fingerprint density at radius 2 is 1.96 bits per heavy atom. The average molecular weight is 346 g/mol. The second kappa shape index (κ2) is 8.00. The van der Waals surface area contributed by atoms with Gasteiger partial charge in [-0.1, -0.05) is 12.1 Å². The Bertz CT molecular complexity index is 604. The number of aryl methyl sites for hydroxylation is 1. The van der Waals surface area contributed by atoms with Crippen LogP contribution in [0.15, 0.2) is 24.3 Å². The summed E-state index contributed by atoms with van der Waals surface area (Å²) in [6.45, 7) is 7.65. The fourth-order valence-electron chi connectivity index (χ4n) is 3.24. The minimum absolute atomic E-state index is 0.0172. The Morgan fingerprint density at radius 3 is 2.48 bits per heavy atom. The first kappa shape index (κ1) is 19.4. The number of hydrogen-bond donors (Lipinski definition) is 1. The molecule has 0 spiro atoms. The molecule has 2 amide bonds. The van der Waals surface area contributed by atoms with E-state index in [4.69, 9.17) is 0 Å². The largest absolute Gasteiger partial charge is 0.390 e. The molecule has 1 aromatic carbocycles. The standard InChI is InChI=1S/C20H30N2O3/c1-5-22-14-16(12-18(22)23)13-21(4)19(24)17-8-6-15(7-9-17)10-11-20(2,3)25/h6-9,16,25H,5,10-14H2,1-4H3. The lowest BCUT2D eigenvalue weighted by molar-refractivity contribution is -0.127. The number of hydrogen-bond acceptors (Lipinski definition) is 3. The van der Waals surface area contributed by atoms with Crippen LogP contribution in [-0.2, 0) is 11.2 Å². The highest BCUT2D eigenvalue weighted by molar-refractivity contribution is 5.94. The van der Waals surface area contributed by atoms with Gasteiger partial charge in [-0.3, -0.25) is 9.59 Å². The molecule has 1 fully saturated rings. The zero-order valence-corrected chi connectivity index (χ0v) is 15.8. The van der Waals surface area contributed by atoms with Gasteiger partial charge in [-0.05, 0) is 51.3 Å². The van der Waals surface area contributed by atoms with E-state index in [9.17, 15) is 14.7 Å². The molecule has 1 aliphatic heterocycles. The highest BCUT2D eigenvalue weighted by atomic mass is 16.3. The first-order valence-electron chi connectivity index (χ1n) is 9.04. The van der Waals surface area contributed by atoms with E-state index in [1.54, 1.807) is 25.8 Å². The van der Waals surface area contributed by atoms with E-state index in [0.29, 0.717) is 24.9 Å². The van der Waals surface area contributed by atoms with Crippen LogP contribution in [0.2, 0.25) is 0 Å². The monoisotopic (exact) mass is 346 g/mol. The maximum Gasteiger partial charge on any atom is 0.253 e. The van der Waals surface area contributed by atoms with Crippen LogP contribution in [0.3, 0.4) is 0 Å². The van der Waals surface area contributed by atoms with Gasteiger partial charge < -0.3 is 14.9 Å². The minimum Gasteiger partial charge on any atom is -0.390 e. The third-order valence-electron chi connectivity index (χ3n) is 4.78. The fraction of sp³-hybridized carbons (Fsp3) is 0.600. The van der Waals surface area contributed by atoms with Crippen molar-refractivity contribution in [2.75, 3.05) is 26.7 Å². The van der Waals surface area contributed by atoms with Gasteiger partial charge in [-0.2, -0.15) is 0 Å². The highest BCUT2D eigenvalue weighted by Crippen LogP contribution is 2.19. The van der Waals surface area contributed by atoms with E-state index in [1.165, 1.54) is 0 Å². The van der Waals surface area contributed by atoms with Crippen molar-refractivity contribution in [1.29, 1.82) is 0 Å². The van der Waals surface area contributed by atoms with Gasteiger partial charge in [0.15, 0.2) is 0 Å². The molecule has 138 valence electrons. The molecule has 1 atom stereocenters. The van der Waals surface area contributed by atoms with E-state index in [1.807, 2.05) is 36.1 Å². The summed E-state index contributed by atoms with van der Waals surface area (Å²) < 4.78 is 0. The van der Waals surface area contributed by atoms with Gasteiger partial charge in [-0.25, -0.2) is 0 Å². The molecule has 5 nitrogen and oxygen atoms in total. The van der Waals surface area contributed by atoms with Gasteiger partial charge in [0.05, 0.1) is 5.60 Å². The van der Waals surface area contributed by atoms with Crippen molar-refractivity contribution >= 4 is 11.8 Å². The van der Waals surface area contributed by atoms with Crippen LogP contribution < -0.4 is 0 Å². The lowest BCUT2D eigenvalue weighted by Crippen LogP contribution is -2.33. The lowest BCUT2D eigenvalue weighted by atomic mass is 9.98. The van der Waals surface area contributed by atoms with Crippen molar-refractivity contribution in [3.63, 3.8) is 0 Å². The Kier molecular flexibility index (Phi) is 6.22. The van der Waals surface area contributed by atoms with Crippen molar-refractivity contribution in [1.82, 2.24) is 9.80 Å². The molecule has 1 aromatic rings. The molecule has 25 heavy (non-hydrogen) atoms. The van der Waals surface area contributed by atoms with Crippen molar-refractivity contribution in [2.24, 2.45) is 5.92 Å². The third-order valence-corrected chi connectivity index (χ3v) is 4.78. The van der Waals surface area contributed by atoms with Crippen LogP contribution in [0.1, 0.15) is 49.5 Å². The maximum absolute atomic E-state index is 12.6. The van der Waals surface area contributed by atoms with Crippen LogP contribution in [0.25, 0.3) is 0 Å². The molecule has 1 N–H and O–H groups in total. The molecule has 0 aliphatic carbocycles. The van der Waals surface area contributed by atoms with Crippen LogP contribution in [0.4, 0.5) is 0 Å². The summed E-state index contributed by atoms with van der Waals surface area (Å²) >= 11 is 0. The van der Waals surface area contributed by atoms with Gasteiger partial charge >= 0.3 is 0 Å². The van der Waals surface area contributed by atoms with E-state index in [-0.39, 0.29) is 17.7 Å². The number of carbonyl (C=O) groups is 2. The normalized spacial score (nSPS) is 17.9. The van der Waals surface area contributed by atoms with Crippen LogP contribution in [0.5, 0.6) is 0 Å². The van der Waals surface area contributed by atoms with Crippen LogP contribution in [0, 0.1) is 5.92 Å². The third kappa shape index (κ3) is 5.56. The second-order valence-corrected chi connectivity index (χ2v) is 7.70. The predicted molar refractivity (Wildman–Crippen MR) is 98.4 cm³/mol. The van der Waals surface area contributed by atoms with Gasteiger partial charge in [0.1, 0.15) is 0 Å². The van der Waals surface area contributed by atoms with Crippen molar-refractivity contribution in [2.45, 2.75) is 45.6 Å². The molecular formula is C20H30N2O3. The van der Waals surface area contributed by atoms with E-state index in [0.717, 1.165) is 25.1 Å². The molecule has 1 heterocycles. The molecule has 0 aromatic heterocycles. The average Bonchev–Trinajstić information content (AvgIpc) is 2.91. The van der Waals surface area contributed by atoms with Crippen molar-refractivity contribution < 1.29 is 14.7 Å². The SMILES string of the molecule is CCN1CC(CN(C)C(=O)c2ccc(CCC(C)(C)O)cc2)CC1=O. The molecule has 5 heteroatoms. The zero-order valence-electron chi connectivity index (χ0n) is 15.8. The molecular weight excluding hydrogens is 316 g/mol. The van der Waals surface area contributed by atoms with Gasteiger partial charge in [-0.15, -0.1) is 0 Å². The highest BCUT2D eigenvalue weighted by Gasteiger charge is 2.30. The summed E-state index contributed by atoms with van der Waals surface area (Å²) in [6, 6.07) is 7.59. The Balaban J connectivity index is 1.90. The summed E-state index contributed by atoms with van der Waals surface area (Å²) in [4.78, 5) is 28.0. The first-order valence-corrected chi connectivity index (χ1v) is 9.04. The summed E-state index contributed by atoms with van der Waals surface area (Å²) in [5.41, 5.74) is 1.09. The number of aliphatic hydroxyl groups is 1. The number of benzene rings is 1. The molecule has 0 radical (unpaired) electrons. The summed E-state index contributed by atoms with van der Waals surface area (Å²) in [5.74, 6) is 0.383. The topological polar surface area (TPSA) is 60.9 Å². The summed E-state index contributed by atoms with van der Waals surface area (Å²) in [7, 11) is 1.80. The van der Waals surface area contributed by atoms with E-state index < -0.39 is 5.60 Å². The number of rotatable bonds is 7. The quantitative estimate of drug-likeness (QED) is 0.824. The first-order chi connectivity index (χ1) is 11.7. The van der Waals surface area contributed by atoms with Crippen molar-refractivity contribution in [3.05, 3.63) is 35.4 Å². The predicted octanol–water partition coefficient (Wildman–Crippen LogP) is 2.33. The van der Waals surface area contributed by atoms with E-state index >= 15 is 0 Å². The van der Waals surface area contributed by atoms with E-state index in [2.05, 4.69) is 0 Å². The van der Waals surface area contributed by atoms with Gasteiger partial charge in [0, 0.05) is 44.6 Å². The molecule has 0 bridgehead atoms. The maximum atomic E-state index is 12.6. The number of amides is 2. The van der Waals surface area contributed by atoms with Crippen LogP contribution in [-0.4, -0.2) is 59.0 Å². The zero-order chi connectivity index (χ0) is 18.6. The number of carbonyl (C=O) groups excluding carboxylic acids is 2. The molecule has 2 rings (SSSR count). The second-order valence-electron chi connectivity index (χ2n) is 7.70. The Hall–Kier alpha value is -1.88. The number of likely N-dealkylation sites (tertiary alicyclic amines) is 1. The molecule has 1 unspecified atom stereocenters. The number of nitrogens with zero attached hydrogens (tertiary/aromatic N) is 2. The van der Waals surface area contributed by atoms with Gasteiger partial charge in [0.25, 0.3) is 5.91 Å². The smallest absolute Gasteiger partial charge is 0.253 e. The molecule has 0 saturated carbocycles. The minimum atomic E-state index is -0.681.